The highest BCUT2D eigenvalue weighted by Crippen LogP contribution is 2.38. The van der Waals surface area contributed by atoms with Crippen LogP contribution in [0.3, 0.4) is 0 Å². The summed E-state index contributed by atoms with van der Waals surface area (Å²) in [7, 11) is 0. The Morgan fingerprint density at radius 3 is 1.83 bits per heavy atom. The topological polar surface area (TPSA) is 52.6 Å². The number of alkyl halides is 6. The van der Waals surface area contributed by atoms with E-state index in [2.05, 4.69) is 5.32 Å². The first kappa shape index (κ1) is 26.0. The van der Waals surface area contributed by atoms with E-state index < -0.39 is 29.6 Å². The monoisotopic (exact) mass is 513 g/mol. The van der Waals surface area contributed by atoms with Crippen LogP contribution in [0.5, 0.6) is 0 Å². The number of likely N-dealkylation sites (tertiary alicyclic amines) is 1. The summed E-state index contributed by atoms with van der Waals surface area (Å²) in [6.45, 7) is 2.77. The van der Waals surface area contributed by atoms with E-state index in [1.54, 1.807) is 24.3 Å². The van der Waals surface area contributed by atoms with Crippen molar-refractivity contribution < 1.29 is 35.9 Å². The maximum Gasteiger partial charge on any atom is 0.416 e. The molecule has 1 N–H and O–H groups in total. The lowest BCUT2D eigenvalue weighted by Crippen LogP contribution is -2.54. The number of carbonyl (C=O) groups is 2. The van der Waals surface area contributed by atoms with E-state index in [0.717, 1.165) is 0 Å². The van der Waals surface area contributed by atoms with E-state index in [1.165, 1.54) is 4.90 Å². The lowest BCUT2D eigenvalue weighted by molar-refractivity contribution is -0.143. The van der Waals surface area contributed by atoms with Crippen molar-refractivity contribution in [3.8, 4) is 0 Å². The fraction of sp³-hybridized carbons (Fsp3) is 0.440. The minimum absolute atomic E-state index is 0.102. The Labute approximate surface area is 204 Å². The van der Waals surface area contributed by atoms with Gasteiger partial charge in [-0.05, 0) is 49.6 Å². The summed E-state index contributed by atoms with van der Waals surface area (Å²) in [5.74, 6) is -0.726. The van der Waals surface area contributed by atoms with E-state index in [1.807, 2.05) is 11.8 Å². The maximum atomic E-state index is 13.2. The summed E-state index contributed by atoms with van der Waals surface area (Å²) >= 11 is 0. The SMILES string of the molecule is CCCC(N1CCC(Nc2cc(C(F)(F)F)cc(C(F)(F)F)c2)CC1)N1C(=O)c2ccccc2C1=O. The second-order valence-corrected chi connectivity index (χ2v) is 9.04. The van der Waals surface area contributed by atoms with Crippen molar-refractivity contribution >= 4 is 17.5 Å². The van der Waals surface area contributed by atoms with Crippen LogP contribution in [0.15, 0.2) is 42.5 Å². The van der Waals surface area contributed by atoms with Crippen LogP contribution in [0.25, 0.3) is 0 Å². The summed E-state index contributed by atoms with van der Waals surface area (Å²) in [6, 6.07) is 7.70. The molecule has 0 aromatic heterocycles. The number of amides is 2. The van der Waals surface area contributed by atoms with Crippen molar-refractivity contribution in [2.24, 2.45) is 0 Å². The molecule has 1 unspecified atom stereocenters. The summed E-state index contributed by atoms with van der Waals surface area (Å²) in [5, 5.41) is 2.82. The molecule has 5 nitrogen and oxygen atoms in total. The molecule has 2 aromatic carbocycles. The second-order valence-electron chi connectivity index (χ2n) is 9.04. The fourth-order valence-electron chi connectivity index (χ4n) is 4.83. The van der Waals surface area contributed by atoms with Gasteiger partial charge in [-0.2, -0.15) is 26.3 Å². The van der Waals surface area contributed by atoms with Crippen molar-refractivity contribution in [2.45, 2.75) is 57.2 Å². The van der Waals surface area contributed by atoms with Crippen molar-refractivity contribution in [3.05, 3.63) is 64.7 Å². The fourth-order valence-corrected chi connectivity index (χ4v) is 4.83. The van der Waals surface area contributed by atoms with Gasteiger partial charge in [-0.25, -0.2) is 0 Å². The molecule has 2 aromatic rings. The average Bonchev–Trinajstić information content (AvgIpc) is 3.07. The number of nitrogens with zero attached hydrogens (tertiary/aromatic N) is 2. The number of imide groups is 1. The highest BCUT2D eigenvalue weighted by molar-refractivity contribution is 6.21. The number of nitrogens with one attached hydrogen (secondary N) is 1. The molecule has 36 heavy (non-hydrogen) atoms. The molecule has 0 bridgehead atoms. The third kappa shape index (κ3) is 5.21. The molecule has 1 fully saturated rings. The third-order valence-corrected chi connectivity index (χ3v) is 6.58. The van der Waals surface area contributed by atoms with Gasteiger partial charge < -0.3 is 5.32 Å². The lowest BCUT2D eigenvalue weighted by Gasteiger charge is -2.41. The van der Waals surface area contributed by atoms with Gasteiger partial charge in [0.25, 0.3) is 11.8 Å². The molecule has 4 rings (SSSR count). The molecule has 2 amide bonds. The highest BCUT2D eigenvalue weighted by atomic mass is 19.4. The Balaban J connectivity index is 1.47. The summed E-state index contributed by atoms with van der Waals surface area (Å²) in [5.41, 5.74) is -2.28. The van der Waals surface area contributed by atoms with Crippen LogP contribution in [0.4, 0.5) is 32.0 Å². The van der Waals surface area contributed by atoms with E-state index in [9.17, 15) is 35.9 Å². The van der Waals surface area contributed by atoms with Gasteiger partial charge in [-0.15, -0.1) is 0 Å². The van der Waals surface area contributed by atoms with Crippen molar-refractivity contribution in [1.82, 2.24) is 9.80 Å². The standard InChI is InChI=1S/C25H25F6N3O2/c1-2-5-21(34-22(35)19-6-3-4-7-20(19)23(34)36)33-10-8-17(9-11-33)32-18-13-15(24(26,27)28)12-16(14-18)25(29,30)31/h3-4,6-7,12-14,17,21,32H,2,5,8-11H2,1H3. The molecule has 2 heterocycles. The Hall–Kier alpha value is -3.08. The molecule has 0 spiro atoms. The molecule has 1 atom stereocenters. The molecule has 2 aliphatic heterocycles. The van der Waals surface area contributed by atoms with Gasteiger partial charge >= 0.3 is 12.4 Å². The molecule has 0 radical (unpaired) electrons. The number of hydrogen-bond donors (Lipinski definition) is 1. The zero-order valence-electron chi connectivity index (χ0n) is 19.4. The van der Waals surface area contributed by atoms with E-state index >= 15 is 0 Å². The molecule has 1 saturated heterocycles. The van der Waals surface area contributed by atoms with Gasteiger partial charge in [0.15, 0.2) is 0 Å². The molecular formula is C25H25F6N3O2. The van der Waals surface area contributed by atoms with Crippen LogP contribution in [0, 0.1) is 0 Å². The van der Waals surface area contributed by atoms with Crippen LogP contribution in [0.1, 0.15) is 64.4 Å². The molecular weight excluding hydrogens is 488 g/mol. The Kier molecular flexibility index (Phi) is 7.05. The van der Waals surface area contributed by atoms with Gasteiger partial charge in [-0.3, -0.25) is 19.4 Å². The second kappa shape index (κ2) is 9.76. The van der Waals surface area contributed by atoms with Gasteiger partial charge in [0, 0.05) is 24.8 Å². The van der Waals surface area contributed by atoms with Crippen LogP contribution >= 0.6 is 0 Å². The summed E-state index contributed by atoms with van der Waals surface area (Å²) in [6.07, 6.45) is -8.22. The summed E-state index contributed by atoms with van der Waals surface area (Å²) in [4.78, 5) is 29.2. The van der Waals surface area contributed by atoms with Crippen molar-refractivity contribution in [2.75, 3.05) is 18.4 Å². The zero-order chi connectivity index (χ0) is 26.3. The van der Waals surface area contributed by atoms with Crippen LogP contribution in [-0.4, -0.2) is 46.9 Å². The third-order valence-electron chi connectivity index (χ3n) is 6.58. The van der Waals surface area contributed by atoms with Gasteiger partial charge in [0.1, 0.15) is 0 Å². The molecule has 11 heteroatoms. The predicted molar refractivity (Wildman–Crippen MR) is 120 cm³/mol. The van der Waals surface area contributed by atoms with Gasteiger partial charge in [-0.1, -0.05) is 25.5 Å². The van der Waals surface area contributed by atoms with Gasteiger partial charge in [0.05, 0.1) is 28.4 Å². The smallest absolute Gasteiger partial charge is 0.382 e. The molecule has 2 aliphatic rings. The first-order valence-corrected chi connectivity index (χ1v) is 11.7. The van der Waals surface area contributed by atoms with E-state index in [-0.39, 0.29) is 29.6 Å². The highest BCUT2D eigenvalue weighted by Gasteiger charge is 2.42. The lowest BCUT2D eigenvalue weighted by atomic mass is 10.0. The van der Waals surface area contributed by atoms with Crippen molar-refractivity contribution in [3.63, 3.8) is 0 Å². The maximum absolute atomic E-state index is 13.2. The number of carbonyl (C=O) groups excluding carboxylic acids is 2. The van der Waals surface area contributed by atoms with Crippen LogP contribution < -0.4 is 5.32 Å². The number of benzene rings is 2. The minimum Gasteiger partial charge on any atom is -0.382 e. The van der Waals surface area contributed by atoms with Gasteiger partial charge in [0.2, 0.25) is 0 Å². The largest absolute Gasteiger partial charge is 0.416 e. The first-order valence-electron chi connectivity index (χ1n) is 11.7. The number of piperidine rings is 1. The normalized spacial score (nSPS) is 18.5. The number of hydrogen-bond acceptors (Lipinski definition) is 4. The number of halogens is 6. The average molecular weight is 513 g/mol. The zero-order valence-corrected chi connectivity index (χ0v) is 19.4. The number of fused-ring (bicyclic) bond motifs is 1. The number of rotatable bonds is 6. The summed E-state index contributed by atoms with van der Waals surface area (Å²) < 4.78 is 79.1. The van der Waals surface area contributed by atoms with Crippen LogP contribution in [-0.2, 0) is 12.4 Å². The van der Waals surface area contributed by atoms with E-state index in [0.29, 0.717) is 62.0 Å². The van der Waals surface area contributed by atoms with Crippen LogP contribution in [0.2, 0.25) is 0 Å². The molecule has 0 aliphatic carbocycles. The Morgan fingerprint density at radius 2 is 1.39 bits per heavy atom. The molecule has 194 valence electrons. The molecule has 0 saturated carbocycles. The Bertz CT molecular complexity index is 1070. The number of anilines is 1. The van der Waals surface area contributed by atoms with E-state index in [4.69, 9.17) is 0 Å². The predicted octanol–water partition coefficient (Wildman–Crippen LogP) is 6.02. The first-order chi connectivity index (χ1) is 16.9. The quantitative estimate of drug-likeness (QED) is 0.379. The van der Waals surface area contributed by atoms with Crippen molar-refractivity contribution in [1.29, 1.82) is 0 Å². The Morgan fingerprint density at radius 1 is 0.889 bits per heavy atom. The minimum atomic E-state index is -4.92.